The fourth-order valence-electron chi connectivity index (χ4n) is 7.70. The largest absolute Gasteiger partial charge is 0.0622 e. The van der Waals surface area contributed by atoms with Crippen molar-refractivity contribution in [2.75, 3.05) is 12.3 Å². The first-order valence-electron chi connectivity index (χ1n) is 20.9. The molecule has 6 unspecified atom stereocenters. The van der Waals surface area contributed by atoms with Crippen molar-refractivity contribution >= 4 is 76.2 Å². The third-order valence-corrected chi connectivity index (χ3v) is 50.3. The molecule has 0 nitrogen and oxygen atoms in total. The van der Waals surface area contributed by atoms with E-state index in [1.165, 1.54) is 89.4 Å². The number of hydrogen-bond acceptors (Lipinski definition) is 0. The average molecular weight is 845 g/mol. The predicted molar refractivity (Wildman–Crippen MR) is 263 cm³/mol. The molecule has 0 N–H and O–H groups in total. The molecule has 1 saturated heterocycles. The Morgan fingerprint density at radius 2 is 0.393 bits per heavy atom. The molecule has 56 heavy (non-hydrogen) atoms. The van der Waals surface area contributed by atoms with Crippen molar-refractivity contribution in [2.24, 2.45) is 0 Å². The summed E-state index contributed by atoms with van der Waals surface area (Å²) in [7, 11) is -3.29. The van der Waals surface area contributed by atoms with Gasteiger partial charge in [0.1, 0.15) is 0 Å². The molecular weight excluding hydrogens is 786 g/mol. The Balaban J connectivity index is 1.49. The minimum absolute atomic E-state index is 0.453. The Labute approximate surface area is 345 Å². The lowest BCUT2D eigenvalue weighted by Gasteiger charge is -2.45. The third-order valence-electron chi connectivity index (χ3n) is 10.5. The van der Waals surface area contributed by atoms with Crippen molar-refractivity contribution < 1.29 is 0 Å². The zero-order valence-corrected chi connectivity index (χ0v) is 38.3. The van der Waals surface area contributed by atoms with Gasteiger partial charge in [-0.1, -0.05) is 246 Å². The fraction of sp³-hybridized carbons (Fsp3) is 0.280. The minimum Gasteiger partial charge on any atom is -0.0622 e. The molecular formula is C50H58P6. The first-order valence-corrected chi connectivity index (χ1v) is 32.9. The van der Waals surface area contributed by atoms with Crippen LogP contribution in [0.1, 0.15) is 77.0 Å². The topological polar surface area (TPSA) is 0 Å². The summed E-state index contributed by atoms with van der Waals surface area (Å²) in [6.45, 7) is 0. The van der Waals surface area contributed by atoms with Crippen molar-refractivity contribution in [2.45, 2.75) is 77.0 Å². The zero-order chi connectivity index (χ0) is 38.0. The second-order valence-electron chi connectivity index (χ2n) is 14.7. The van der Waals surface area contributed by atoms with Crippen LogP contribution in [0.5, 0.6) is 0 Å². The SMILES string of the molecule is c1ccc(P2CCCCCCCCCCCCCCP(c3ccccc3)P(c3ccccc3)P(c3ccccc3)P(c3ccccc3)P2c2ccccc2)cc1. The van der Waals surface area contributed by atoms with Crippen molar-refractivity contribution in [3.05, 3.63) is 182 Å². The Bertz CT molecular complexity index is 1780. The normalized spacial score (nSPS) is 23.8. The Morgan fingerprint density at radius 1 is 0.196 bits per heavy atom. The molecule has 7 rings (SSSR count). The summed E-state index contributed by atoms with van der Waals surface area (Å²) in [5.74, 6) is 0. The van der Waals surface area contributed by atoms with Crippen LogP contribution in [0.4, 0.5) is 0 Å². The first kappa shape index (κ1) is 42.0. The number of hydrogen-bond donors (Lipinski definition) is 0. The van der Waals surface area contributed by atoms with E-state index in [1.807, 2.05) is 0 Å². The molecule has 6 aromatic rings. The summed E-state index contributed by atoms with van der Waals surface area (Å²) in [6, 6.07) is 71.8. The summed E-state index contributed by atoms with van der Waals surface area (Å²) in [5.41, 5.74) is 0. The van der Waals surface area contributed by atoms with Gasteiger partial charge in [-0.05, 0) is 101 Å². The van der Waals surface area contributed by atoms with Crippen LogP contribution in [0.3, 0.4) is 0 Å². The van der Waals surface area contributed by atoms with E-state index in [4.69, 9.17) is 0 Å². The van der Waals surface area contributed by atoms with E-state index in [0.29, 0.717) is 0 Å². The van der Waals surface area contributed by atoms with Crippen LogP contribution in [-0.2, 0) is 0 Å². The lowest BCUT2D eigenvalue weighted by molar-refractivity contribution is 0.549. The summed E-state index contributed by atoms with van der Waals surface area (Å²) in [4.78, 5) is 0. The molecule has 0 aliphatic carbocycles. The van der Waals surface area contributed by atoms with Gasteiger partial charge in [-0.15, -0.1) is 0 Å². The summed E-state index contributed by atoms with van der Waals surface area (Å²) in [6.07, 6.45) is 19.2. The lowest BCUT2D eigenvalue weighted by Crippen LogP contribution is -2.15. The third kappa shape index (κ3) is 11.8. The maximum Gasteiger partial charge on any atom is -0.00600 e. The van der Waals surface area contributed by atoms with E-state index in [9.17, 15) is 0 Å². The van der Waals surface area contributed by atoms with Gasteiger partial charge >= 0.3 is 0 Å². The molecule has 0 saturated carbocycles. The van der Waals surface area contributed by atoms with Crippen molar-refractivity contribution in [1.29, 1.82) is 0 Å². The summed E-state index contributed by atoms with van der Waals surface area (Å²) >= 11 is 0. The Kier molecular flexibility index (Phi) is 17.6. The quantitative estimate of drug-likeness (QED) is 0.147. The molecule has 0 bridgehead atoms. The molecule has 0 aromatic heterocycles. The van der Waals surface area contributed by atoms with Gasteiger partial charge in [0.15, 0.2) is 0 Å². The molecule has 0 spiro atoms. The van der Waals surface area contributed by atoms with Crippen LogP contribution in [0.2, 0.25) is 0 Å². The van der Waals surface area contributed by atoms with Crippen molar-refractivity contribution in [1.82, 2.24) is 0 Å². The molecule has 6 aromatic carbocycles. The summed E-state index contributed by atoms with van der Waals surface area (Å²) in [5, 5.41) is 9.69. The van der Waals surface area contributed by atoms with Gasteiger partial charge in [-0.25, -0.2) is 0 Å². The van der Waals surface area contributed by atoms with Gasteiger partial charge in [0.2, 0.25) is 0 Å². The molecule has 0 amide bonds. The first-order chi connectivity index (χ1) is 27.9. The highest BCUT2D eigenvalue weighted by Gasteiger charge is 2.44. The maximum atomic E-state index is 2.54. The molecule has 1 heterocycles. The van der Waals surface area contributed by atoms with Gasteiger partial charge in [0, 0.05) is 0 Å². The molecule has 6 atom stereocenters. The van der Waals surface area contributed by atoms with E-state index in [2.05, 4.69) is 182 Å². The van der Waals surface area contributed by atoms with Gasteiger partial charge in [-0.2, -0.15) is 0 Å². The standard InChI is InChI=1S/C50H58P6/c1-2-4-6-8-10-30-44-52(46-33-19-12-20-34-46)54(48-37-23-14-24-38-48)56(50-41-27-16-28-42-50)55(49-39-25-15-26-40-49)53(47-35-21-13-22-36-47)51(43-29-9-7-5-3-1)45-31-17-11-18-32-45/h11-28,31-42H,1-10,29-30,43-44H2. The smallest absolute Gasteiger partial charge is 0.00600 e. The number of benzene rings is 6. The van der Waals surface area contributed by atoms with Gasteiger partial charge in [0.05, 0.1) is 0 Å². The van der Waals surface area contributed by atoms with Crippen molar-refractivity contribution in [3.63, 3.8) is 0 Å². The van der Waals surface area contributed by atoms with E-state index in [-0.39, 0.29) is 0 Å². The number of rotatable bonds is 6. The second kappa shape index (κ2) is 23.5. The highest BCUT2D eigenvalue weighted by molar-refractivity contribution is 8.96. The zero-order valence-electron chi connectivity index (χ0n) is 32.9. The summed E-state index contributed by atoms with van der Waals surface area (Å²) < 4.78 is 0. The Morgan fingerprint density at radius 3 is 0.643 bits per heavy atom. The van der Waals surface area contributed by atoms with Crippen LogP contribution >= 0.6 is 44.4 Å². The molecule has 1 aliphatic heterocycles. The van der Waals surface area contributed by atoms with Crippen molar-refractivity contribution in [3.8, 4) is 0 Å². The van der Waals surface area contributed by atoms with Gasteiger partial charge in [0.25, 0.3) is 0 Å². The van der Waals surface area contributed by atoms with Crippen LogP contribution in [0, 0.1) is 0 Å². The van der Waals surface area contributed by atoms with Crippen LogP contribution < -0.4 is 31.8 Å². The van der Waals surface area contributed by atoms with E-state index in [0.717, 1.165) is 0 Å². The van der Waals surface area contributed by atoms with Crippen LogP contribution in [0.15, 0.2) is 182 Å². The highest BCUT2D eigenvalue weighted by Crippen LogP contribution is 3.05. The van der Waals surface area contributed by atoms with E-state index in [1.54, 1.807) is 31.8 Å². The molecule has 0 radical (unpaired) electrons. The molecule has 1 fully saturated rings. The predicted octanol–water partition coefficient (Wildman–Crippen LogP) is 15.1. The molecule has 6 heteroatoms. The second-order valence-corrected chi connectivity index (χ2v) is 38.9. The lowest BCUT2D eigenvalue weighted by atomic mass is 10.1. The Hall–Kier alpha value is -2.10. The van der Waals surface area contributed by atoms with Crippen LogP contribution in [0.25, 0.3) is 0 Å². The minimum atomic E-state index is -0.623. The monoisotopic (exact) mass is 844 g/mol. The van der Waals surface area contributed by atoms with Crippen LogP contribution in [-0.4, -0.2) is 12.3 Å². The van der Waals surface area contributed by atoms with Gasteiger partial charge in [-0.3, -0.25) is 0 Å². The van der Waals surface area contributed by atoms with E-state index < -0.39 is 44.4 Å². The molecule has 1 aliphatic rings. The van der Waals surface area contributed by atoms with E-state index >= 15 is 0 Å². The maximum absolute atomic E-state index is 2.54. The fourth-order valence-corrected chi connectivity index (χ4v) is 63.4. The molecule has 288 valence electrons. The van der Waals surface area contributed by atoms with Gasteiger partial charge < -0.3 is 0 Å². The highest BCUT2D eigenvalue weighted by atomic mass is 32.8. The average Bonchev–Trinajstić information content (AvgIpc) is 3.27.